The largest absolute Gasteiger partial charge is 0.392 e. The summed E-state index contributed by atoms with van der Waals surface area (Å²) in [5.41, 5.74) is 5.15. The van der Waals surface area contributed by atoms with E-state index in [2.05, 4.69) is 4.72 Å². The van der Waals surface area contributed by atoms with Crippen molar-refractivity contribution in [3.63, 3.8) is 0 Å². The fourth-order valence-electron chi connectivity index (χ4n) is 2.25. The third kappa shape index (κ3) is 3.15. The molecule has 0 aromatic carbocycles. The lowest BCUT2D eigenvalue weighted by molar-refractivity contribution is 0.426. The highest BCUT2D eigenvalue weighted by molar-refractivity contribution is 7.93. The van der Waals surface area contributed by atoms with E-state index < -0.39 is 15.3 Å². The van der Waals surface area contributed by atoms with Crippen molar-refractivity contribution in [3.05, 3.63) is 0 Å². The Morgan fingerprint density at radius 2 is 2.00 bits per heavy atom. The van der Waals surface area contributed by atoms with Gasteiger partial charge in [0.2, 0.25) is 10.0 Å². The predicted octanol–water partition coefficient (Wildman–Crippen LogP) is 1.30. The first kappa shape index (κ1) is 13.9. The maximum absolute atomic E-state index is 12.1. The lowest BCUT2D eigenvalue weighted by Gasteiger charge is -2.27. The first-order chi connectivity index (χ1) is 7.31. The van der Waals surface area contributed by atoms with E-state index >= 15 is 0 Å². The van der Waals surface area contributed by atoms with Crippen molar-refractivity contribution in [1.82, 2.24) is 4.72 Å². The summed E-state index contributed by atoms with van der Waals surface area (Å²) in [6.07, 6.45) is 4.34. The van der Waals surface area contributed by atoms with Gasteiger partial charge >= 0.3 is 0 Å². The Balaban J connectivity index is 2.81. The van der Waals surface area contributed by atoms with Crippen LogP contribution in [-0.2, 0) is 10.0 Å². The summed E-state index contributed by atoms with van der Waals surface area (Å²) in [4.78, 5) is 0.0524. The van der Waals surface area contributed by atoms with Gasteiger partial charge in [-0.2, -0.15) is 0 Å². The number of sulfonamides is 1. The van der Waals surface area contributed by atoms with Crippen LogP contribution in [0.2, 0.25) is 0 Å². The van der Waals surface area contributed by atoms with Gasteiger partial charge in [0.1, 0.15) is 5.25 Å². The van der Waals surface area contributed by atoms with Crippen LogP contribution in [0.5, 0.6) is 0 Å². The maximum atomic E-state index is 12.1. The average molecular weight is 264 g/mol. The van der Waals surface area contributed by atoms with E-state index in [1.54, 1.807) is 6.92 Å². The molecule has 0 aliphatic heterocycles. The van der Waals surface area contributed by atoms with Gasteiger partial charge in [-0.1, -0.05) is 32.0 Å². The highest BCUT2D eigenvalue weighted by Gasteiger charge is 2.36. The summed E-state index contributed by atoms with van der Waals surface area (Å²) in [7, 11) is -3.43. The minimum atomic E-state index is -3.43. The van der Waals surface area contributed by atoms with Crippen LogP contribution in [0.15, 0.2) is 0 Å². The summed E-state index contributed by atoms with van der Waals surface area (Å²) in [5.74, 6) is 0. The van der Waals surface area contributed by atoms with Crippen LogP contribution < -0.4 is 10.5 Å². The number of hydrogen-bond acceptors (Lipinski definition) is 3. The summed E-state index contributed by atoms with van der Waals surface area (Å²) in [5, 5.41) is -0.750. The van der Waals surface area contributed by atoms with E-state index in [0.29, 0.717) is 6.42 Å². The molecule has 1 saturated carbocycles. The Bertz CT molecular complexity index is 359. The van der Waals surface area contributed by atoms with Gasteiger partial charge in [0, 0.05) is 5.54 Å². The van der Waals surface area contributed by atoms with E-state index in [0.717, 1.165) is 25.7 Å². The minimum Gasteiger partial charge on any atom is -0.392 e. The first-order valence-electron chi connectivity index (χ1n) is 5.63. The highest BCUT2D eigenvalue weighted by atomic mass is 32.2. The summed E-state index contributed by atoms with van der Waals surface area (Å²) >= 11 is 4.80. The van der Waals surface area contributed by atoms with Crippen LogP contribution in [-0.4, -0.2) is 24.2 Å². The topological polar surface area (TPSA) is 72.2 Å². The fraction of sp³-hybridized carbons (Fsp3) is 0.900. The Hall–Kier alpha value is -0.200. The molecule has 1 atom stereocenters. The predicted molar refractivity (Wildman–Crippen MR) is 69.8 cm³/mol. The van der Waals surface area contributed by atoms with Crippen LogP contribution in [0.1, 0.15) is 46.0 Å². The molecule has 0 bridgehead atoms. The molecule has 1 aliphatic carbocycles. The molecule has 3 N–H and O–H groups in total. The molecule has 0 heterocycles. The number of hydrogen-bond donors (Lipinski definition) is 2. The Morgan fingerprint density at radius 3 is 2.38 bits per heavy atom. The quantitative estimate of drug-likeness (QED) is 0.734. The number of rotatable bonds is 5. The molecule has 6 heteroatoms. The second kappa shape index (κ2) is 4.98. The molecule has 0 aromatic heterocycles. The molecule has 16 heavy (non-hydrogen) atoms. The van der Waals surface area contributed by atoms with Crippen LogP contribution >= 0.6 is 12.2 Å². The van der Waals surface area contributed by atoms with Gasteiger partial charge in [-0.25, -0.2) is 13.1 Å². The standard InChI is InChI=1S/C10H20N2O2S2/c1-3-8(9(11)15)16(13,14)12-10(2)6-4-5-7-10/h8,12H,3-7H2,1-2H3,(H2,11,15). The maximum Gasteiger partial charge on any atom is 0.221 e. The van der Waals surface area contributed by atoms with Crippen molar-refractivity contribution in [2.24, 2.45) is 5.73 Å². The van der Waals surface area contributed by atoms with Gasteiger partial charge in [-0.15, -0.1) is 0 Å². The van der Waals surface area contributed by atoms with Crippen LogP contribution in [0.4, 0.5) is 0 Å². The number of nitrogens with two attached hydrogens (primary N) is 1. The van der Waals surface area contributed by atoms with E-state index in [4.69, 9.17) is 18.0 Å². The Labute approximate surface area is 103 Å². The van der Waals surface area contributed by atoms with E-state index in [-0.39, 0.29) is 10.5 Å². The molecular formula is C10H20N2O2S2. The molecule has 1 aliphatic rings. The Morgan fingerprint density at radius 1 is 1.50 bits per heavy atom. The second-order valence-corrected chi connectivity index (χ2v) is 7.05. The molecule has 0 spiro atoms. The van der Waals surface area contributed by atoms with Crippen molar-refractivity contribution in [2.45, 2.75) is 56.7 Å². The van der Waals surface area contributed by atoms with Crippen molar-refractivity contribution in [1.29, 1.82) is 0 Å². The van der Waals surface area contributed by atoms with E-state index in [1.165, 1.54) is 0 Å². The first-order valence-corrected chi connectivity index (χ1v) is 7.58. The summed E-state index contributed by atoms with van der Waals surface area (Å²) in [6.45, 7) is 3.73. The third-order valence-electron chi connectivity index (χ3n) is 3.16. The molecule has 1 unspecified atom stereocenters. The van der Waals surface area contributed by atoms with Crippen molar-refractivity contribution < 1.29 is 8.42 Å². The zero-order valence-corrected chi connectivity index (χ0v) is 11.5. The molecule has 4 nitrogen and oxygen atoms in total. The van der Waals surface area contributed by atoms with Gasteiger partial charge in [0.25, 0.3) is 0 Å². The normalized spacial score (nSPS) is 21.9. The fourth-order valence-corrected chi connectivity index (χ4v) is 4.57. The van der Waals surface area contributed by atoms with Gasteiger partial charge in [0.05, 0.1) is 4.99 Å². The highest BCUT2D eigenvalue weighted by Crippen LogP contribution is 2.30. The minimum absolute atomic E-state index is 0.0524. The molecule has 0 radical (unpaired) electrons. The van der Waals surface area contributed by atoms with Gasteiger partial charge in [-0.3, -0.25) is 0 Å². The monoisotopic (exact) mass is 264 g/mol. The van der Waals surface area contributed by atoms with Gasteiger partial charge in [-0.05, 0) is 26.2 Å². The summed E-state index contributed by atoms with van der Waals surface area (Å²) < 4.78 is 26.9. The summed E-state index contributed by atoms with van der Waals surface area (Å²) in [6, 6.07) is 0. The lowest BCUT2D eigenvalue weighted by atomic mass is 10.0. The third-order valence-corrected chi connectivity index (χ3v) is 5.71. The average Bonchev–Trinajstić information content (AvgIpc) is 2.49. The van der Waals surface area contributed by atoms with Crippen molar-refractivity contribution in [2.75, 3.05) is 0 Å². The zero-order chi connectivity index (χ0) is 12.4. The molecule has 0 saturated heterocycles. The van der Waals surface area contributed by atoms with Crippen molar-refractivity contribution in [3.8, 4) is 0 Å². The Kier molecular flexibility index (Phi) is 4.31. The van der Waals surface area contributed by atoms with E-state index in [9.17, 15) is 8.42 Å². The number of nitrogens with one attached hydrogen (secondary N) is 1. The molecule has 1 fully saturated rings. The second-order valence-electron chi connectivity index (χ2n) is 4.71. The molecule has 0 amide bonds. The van der Waals surface area contributed by atoms with Gasteiger partial charge < -0.3 is 5.73 Å². The van der Waals surface area contributed by atoms with Gasteiger partial charge in [0.15, 0.2) is 0 Å². The molecule has 0 aromatic rings. The number of thiocarbonyl (C=S) groups is 1. The molecular weight excluding hydrogens is 244 g/mol. The molecule has 94 valence electrons. The smallest absolute Gasteiger partial charge is 0.221 e. The van der Waals surface area contributed by atoms with Crippen LogP contribution in [0, 0.1) is 0 Å². The molecule has 1 rings (SSSR count). The SMILES string of the molecule is CCC(C(N)=S)S(=O)(=O)NC1(C)CCCC1. The van der Waals surface area contributed by atoms with Crippen molar-refractivity contribution >= 4 is 27.2 Å². The van der Waals surface area contributed by atoms with E-state index in [1.807, 2.05) is 6.92 Å². The van der Waals surface area contributed by atoms with Crippen LogP contribution in [0.25, 0.3) is 0 Å². The van der Waals surface area contributed by atoms with Crippen LogP contribution in [0.3, 0.4) is 0 Å². The lowest BCUT2D eigenvalue weighted by Crippen LogP contribution is -2.50. The zero-order valence-electron chi connectivity index (χ0n) is 9.82.